The van der Waals surface area contributed by atoms with E-state index in [2.05, 4.69) is 91.2 Å². The topological polar surface area (TPSA) is 31.0 Å². The number of fused-ring (bicyclic) bond motifs is 4. The van der Waals surface area contributed by atoms with E-state index in [1.165, 1.54) is 27.3 Å². The minimum absolute atomic E-state index is 0.870. The maximum absolute atomic E-state index is 6.32. The Morgan fingerprint density at radius 1 is 0.688 bits per heavy atom. The maximum Gasteiger partial charge on any atom is 0.152 e. The van der Waals surface area contributed by atoms with E-state index >= 15 is 0 Å². The molecule has 0 amide bonds. The summed E-state index contributed by atoms with van der Waals surface area (Å²) in [7, 11) is 0. The van der Waals surface area contributed by atoms with Crippen LogP contribution < -0.4 is 0 Å². The predicted octanol–water partition coefficient (Wildman–Crippen LogP) is 7.80. The molecule has 2 aliphatic rings. The average molecular weight is 412 g/mol. The highest BCUT2D eigenvalue weighted by Crippen LogP contribution is 2.41. The van der Waals surface area contributed by atoms with E-state index < -0.39 is 0 Å². The van der Waals surface area contributed by atoms with Gasteiger partial charge >= 0.3 is 0 Å². The number of nitrogens with zero attached hydrogens (tertiary/aromatic N) is 2. The summed E-state index contributed by atoms with van der Waals surface area (Å²) in [5, 5.41) is 3.56. The quantitative estimate of drug-likeness (QED) is 0.203. The van der Waals surface area contributed by atoms with Gasteiger partial charge in [-0.1, -0.05) is 53.6 Å². The van der Waals surface area contributed by atoms with Gasteiger partial charge in [0.25, 0.3) is 0 Å². The molecule has 5 aromatic rings. The van der Waals surface area contributed by atoms with Crippen LogP contribution in [-0.4, -0.2) is 9.55 Å². The van der Waals surface area contributed by atoms with Gasteiger partial charge in [-0.3, -0.25) is 0 Å². The lowest BCUT2D eigenvalue weighted by atomic mass is 9.98. The van der Waals surface area contributed by atoms with Crippen molar-refractivity contribution < 1.29 is 4.42 Å². The molecule has 7 rings (SSSR count). The molecule has 3 nitrogen and oxygen atoms in total. The molecule has 0 unspecified atom stereocenters. The third-order valence-corrected chi connectivity index (χ3v) is 6.41. The molecular formula is C29H20N2O. The van der Waals surface area contributed by atoms with Gasteiger partial charge in [0, 0.05) is 16.3 Å². The second kappa shape index (κ2) is 6.21. The van der Waals surface area contributed by atoms with Crippen molar-refractivity contribution in [3.63, 3.8) is 0 Å². The lowest BCUT2D eigenvalue weighted by molar-refractivity contribution is 0.648. The molecule has 152 valence electrons. The van der Waals surface area contributed by atoms with E-state index in [1.54, 1.807) is 0 Å². The molecule has 1 aromatic heterocycles. The maximum atomic E-state index is 6.32. The number of aromatic nitrogens is 2. The van der Waals surface area contributed by atoms with Gasteiger partial charge in [-0.15, -0.1) is 0 Å². The van der Waals surface area contributed by atoms with Crippen molar-refractivity contribution in [2.24, 2.45) is 0 Å². The van der Waals surface area contributed by atoms with Crippen LogP contribution in [0.2, 0.25) is 0 Å². The van der Waals surface area contributed by atoms with Gasteiger partial charge < -0.3 is 8.98 Å². The van der Waals surface area contributed by atoms with Crippen molar-refractivity contribution in [1.82, 2.24) is 9.55 Å². The fraction of sp³-hybridized carbons (Fsp3) is 0.0690. The largest absolute Gasteiger partial charge is 0.453 e. The summed E-state index contributed by atoms with van der Waals surface area (Å²) >= 11 is 0. The van der Waals surface area contributed by atoms with Gasteiger partial charge in [-0.2, -0.15) is 0 Å². The Kier molecular flexibility index (Phi) is 3.41. The van der Waals surface area contributed by atoms with Crippen molar-refractivity contribution in [2.75, 3.05) is 0 Å². The number of rotatable bonds is 1. The monoisotopic (exact) mass is 412 g/mol. The molecule has 0 spiro atoms. The first-order chi connectivity index (χ1) is 15.7. The molecule has 32 heavy (non-hydrogen) atoms. The fourth-order valence-electron chi connectivity index (χ4n) is 5.21. The number of aryl methyl sites for hydroxylation is 2. The second-order valence-electron chi connectivity index (χ2n) is 8.66. The lowest BCUT2D eigenvalue weighted by Gasteiger charge is -2.23. The zero-order valence-electron chi connectivity index (χ0n) is 17.9. The average Bonchev–Trinajstić information content (AvgIpc) is 2.80. The first-order valence-corrected chi connectivity index (χ1v) is 10.9. The number of hydrogen-bond acceptors (Lipinski definition) is 2. The van der Waals surface area contributed by atoms with Crippen molar-refractivity contribution in [3.8, 4) is 16.9 Å². The molecule has 0 fully saturated rings. The second-order valence-corrected chi connectivity index (χ2v) is 8.66. The molecule has 3 heteroatoms. The highest BCUT2D eigenvalue weighted by atomic mass is 16.3. The molecule has 0 saturated heterocycles. The number of pyridine rings is 2. The van der Waals surface area contributed by atoms with Crippen LogP contribution >= 0.6 is 0 Å². The summed E-state index contributed by atoms with van der Waals surface area (Å²) in [4.78, 5) is 5.11. The Morgan fingerprint density at radius 3 is 2.31 bits per heavy atom. The zero-order chi connectivity index (χ0) is 21.4. The normalized spacial score (nSPS) is 12.1. The van der Waals surface area contributed by atoms with E-state index in [9.17, 15) is 0 Å². The zero-order valence-corrected chi connectivity index (χ0v) is 17.9. The van der Waals surface area contributed by atoms with E-state index in [0.717, 1.165) is 44.7 Å². The van der Waals surface area contributed by atoms with Crippen molar-refractivity contribution in [2.45, 2.75) is 13.8 Å². The van der Waals surface area contributed by atoms with Crippen molar-refractivity contribution in [3.05, 3.63) is 96.1 Å². The van der Waals surface area contributed by atoms with Gasteiger partial charge in [0.2, 0.25) is 0 Å². The van der Waals surface area contributed by atoms with Crippen molar-refractivity contribution in [1.29, 1.82) is 0 Å². The van der Waals surface area contributed by atoms with Crippen LogP contribution in [0.15, 0.2) is 89.3 Å². The van der Waals surface area contributed by atoms with Crippen LogP contribution in [0.5, 0.6) is 0 Å². The third kappa shape index (κ3) is 2.33. The Bertz CT molecular complexity index is 1780. The minimum atomic E-state index is 0.870. The molecule has 0 radical (unpaired) electrons. The summed E-state index contributed by atoms with van der Waals surface area (Å²) < 4.78 is 8.68. The fourth-order valence-corrected chi connectivity index (χ4v) is 5.21. The predicted molar refractivity (Wildman–Crippen MR) is 132 cm³/mol. The third-order valence-electron chi connectivity index (χ3n) is 6.41. The minimum Gasteiger partial charge on any atom is -0.453 e. The standard InChI is InChI=1S/C29H20N2O/c1-17-13-18(2)15-19(14-17)23-16-25-28-20(7-5-9-22(28)30-23)21-8-6-12-27-29(21)31(25)24-10-3-4-11-26(24)32-27/h3-16H,1-2H3. The van der Waals surface area contributed by atoms with Gasteiger partial charge in [-0.05, 0) is 61.7 Å². The molecule has 0 saturated carbocycles. The van der Waals surface area contributed by atoms with Gasteiger partial charge in [0.15, 0.2) is 11.2 Å². The van der Waals surface area contributed by atoms with Crippen LogP contribution in [0.1, 0.15) is 11.1 Å². The number of hydrogen-bond donors (Lipinski definition) is 0. The SMILES string of the molecule is Cc1cc(C)cc(-c2cc3c4c(cccc4c4cccc5oc6ccccc6n3-c54)n2)c1. The molecule has 4 aromatic carbocycles. The number of benzene rings is 4. The highest BCUT2D eigenvalue weighted by Gasteiger charge is 2.21. The molecule has 0 bridgehead atoms. The molecule has 2 aliphatic heterocycles. The summed E-state index contributed by atoms with van der Waals surface area (Å²) in [6, 6.07) is 29.9. The van der Waals surface area contributed by atoms with Crippen LogP contribution in [0.25, 0.3) is 60.8 Å². The summed E-state index contributed by atoms with van der Waals surface area (Å²) in [6.07, 6.45) is 0. The number of para-hydroxylation sites is 3. The molecule has 0 atom stereocenters. The van der Waals surface area contributed by atoms with Crippen molar-refractivity contribution >= 4 is 43.9 Å². The van der Waals surface area contributed by atoms with Gasteiger partial charge in [0.1, 0.15) is 0 Å². The Hall–Kier alpha value is -4.11. The van der Waals surface area contributed by atoms with Gasteiger partial charge in [-0.25, -0.2) is 4.98 Å². The van der Waals surface area contributed by atoms with E-state index in [1.807, 2.05) is 12.1 Å². The van der Waals surface area contributed by atoms with Crippen LogP contribution in [-0.2, 0) is 0 Å². The Labute approximate surface area is 184 Å². The van der Waals surface area contributed by atoms with E-state index in [0.29, 0.717) is 0 Å². The highest BCUT2D eigenvalue weighted by molar-refractivity contribution is 6.19. The summed E-state index contributed by atoms with van der Waals surface area (Å²) in [6.45, 7) is 4.28. The summed E-state index contributed by atoms with van der Waals surface area (Å²) in [5.41, 5.74) is 10.7. The van der Waals surface area contributed by atoms with Crippen LogP contribution in [0.3, 0.4) is 0 Å². The van der Waals surface area contributed by atoms with E-state index in [4.69, 9.17) is 9.40 Å². The van der Waals surface area contributed by atoms with Gasteiger partial charge in [0.05, 0.1) is 27.9 Å². The van der Waals surface area contributed by atoms with E-state index in [-0.39, 0.29) is 0 Å². The Balaban J connectivity index is 1.76. The first kappa shape index (κ1) is 17.6. The summed E-state index contributed by atoms with van der Waals surface area (Å²) in [5.74, 6) is 0. The molecule has 0 N–H and O–H groups in total. The van der Waals surface area contributed by atoms with Crippen LogP contribution in [0, 0.1) is 13.8 Å². The Morgan fingerprint density at radius 2 is 1.44 bits per heavy atom. The smallest absolute Gasteiger partial charge is 0.152 e. The lowest BCUT2D eigenvalue weighted by Crippen LogP contribution is -2.06. The molecular weight excluding hydrogens is 392 g/mol. The molecule has 0 aliphatic carbocycles. The first-order valence-electron chi connectivity index (χ1n) is 10.9. The molecule has 3 heterocycles. The van der Waals surface area contributed by atoms with Crippen LogP contribution in [0.4, 0.5) is 0 Å².